The van der Waals surface area contributed by atoms with Gasteiger partial charge in [-0.15, -0.1) is 0 Å². The average Bonchev–Trinajstić information content (AvgIpc) is 2.49. The van der Waals surface area contributed by atoms with E-state index in [0.717, 1.165) is 18.8 Å². The number of likely N-dealkylation sites (N-methyl/N-ethyl adjacent to an activating group) is 1. The minimum atomic E-state index is -0.239. The van der Waals surface area contributed by atoms with E-state index in [1.807, 2.05) is 26.2 Å². The second kappa shape index (κ2) is 7.77. The molecule has 0 aliphatic carbocycles. The molecule has 22 heavy (non-hydrogen) atoms. The zero-order valence-electron chi connectivity index (χ0n) is 12.6. The van der Waals surface area contributed by atoms with E-state index in [1.54, 1.807) is 24.4 Å². The predicted octanol–water partition coefficient (Wildman–Crippen LogP) is 2.96. The fourth-order valence-corrected chi connectivity index (χ4v) is 2.02. The highest BCUT2D eigenvalue weighted by Crippen LogP contribution is 2.21. The molecule has 0 fully saturated rings. The van der Waals surface area contributed by atoms with Gasteiger partial charge in [-0.3, -0.25) is 9.78 Å². The van der Waals surface area contributed by atoms with Crippen LogP contribution in [-0.2, 0) is 0 Å². The van der Waals surface area contributed by atoms with E-state index in [2.05, 4.69) is 20.5 Å². The second-order valence-electron chi connectivity index (χ2n) is 5.13. The third kappa shape index (κ3) is 4.72. The van der Waals surface area contributed by atoms with Crippen molar-refractivity contribution in [3.63, 3.8) is 0 Å². The minimum Gasteiger partial charge on any atom is -0.382 e. The molecule has 0 atom stereocenters. The van der Waals surface area contributed by atoms with Crippen molar-refractivity contribution in [1.82, 2.24) is 9.88 Å². The molecule has 0 bridgehead atoms. The van der Waals surface area contributed by atoms with E-state index in [4.69, 9.17) is 11.6 Å². The summed E-state index contributed by atoms with van der Waals surface area (Å²) in [5.74, 6) is -0.239. The van der Waals surface area contributed by atoms with E-state index in [-0.39, 0.29) is 5.91 Å². The van der Waals surface area contributed by atoms with Crippen LogP contribution in [0.3, 0.4) is 0 Å². The van der Waals surface area contributed by atoms with Crippen LogP contribution in [0.2, 0.25) is 5.02 Å². The Morgan fingerprint density at radius 2 is 2.05 bits per heavy atom. The summed E-state index contributed by atoms with van der Waals surface area (Å²) in [7, 11) is 4.01. The van der Waals surface area contributed by atoms with Gasteiger partial charge in [0.25, 0.3) is 5.91 Å². The number of hydrogen-bond acceptors (Lipinski definition) is 4. The molecule has 1 heterocycles. The zero-order valence-corrected chi connectivity index (χ0v) is 13.4. The van der Waals surface area contributed by atoms with Crippen molar-refractivity contribution >= 4 is 28.9 Å². The van der Waals surface area contributed by atoms with Crippen LogP contribution < -0.4 is 10.6 Å². The smallest absolute Gasteiger partial charge is 0.257 e. The fraction of sp³-hybridized carbons (Fsp3) is 0.250. The van der Waals surface area contributed by atoms with Crippen molar-refractivity contribution < 1.29 is 4.79 Å². The largest absolute Gasteiger partial charge is 0.382 e. The Balaban J connectivity index is 2.02. The SMILES string of the molecule is CN(C)CCNc1cncc(C(=O)Nc2ccccc2Cl)c1. The van der Waals surface area contributed by atoms with Gasteiger partial charge in [-0.25, -0.2) is 0 Å². The highest BCUT2D eigenvalue weighted by Gasteiger charge is 2.09. The minimum absolute atomic E-state index is 0.239. The van der Waals surface area contributed by atoms with Crippen LogP contribution in [0.25, 0.3) is 0 Å². The average molecular weight is 319 g/mol. The van der Waals surface area contributed by atoms with Crippen molar-refractivity contribution in [3.8, 4) is 0 Å². The highest BCUT2D eigenvalue weighted by atomic mass is 35.5. The lowest BCUT2D eigenvalue weighted by Crippen LogP contribution is -2.21. The number of anilines is 2. The number of para-hydroxylation sites is 1. The summed E-state index contributed by atoms with van der Waals surface area (Å²) in [4.78, 5) is 18.4. The summed E-state index contributed by atoms with van der Waals surface area (Å²) in [6.07, 6.45) is 3.23. The molecule has 5 nitrogen and oxygen atoms in total. The summed E-state index contributed by atoms with van der Waals surface area (Å²) in [6, 6.07) is 8.89. The lowest BCUT2D eigenvalue weighted by atomic mass is 10.2. The van der Waals surface area contributed by atoms with Gasteiger partial charge in [0.15, 0.2) is 0 Å². The van der Waals surface area contributed by atoms with E-state index in [1.165, 1.54) is 6.20 Å². The van der Waals surface area contributed by atoms with Crippen molar-refractivity contribution in [2.24, 2.45) is 0 Å². The first-order valence-electron chi connectivity index (χ1n) is 6.96. The molecule has 0 saturated heterocycles. The van der Waals surface area contributed by atoms with Crippen LogP contribution in [0.15, 0.2) is 42.7 Å². The third-order valence-electron chi connectivity index (χ3n) is 3.01. The lowest BCUT2D eigenvalue weighted by molar-refractivity contribution is 0.102. The lowest BCUT2D eigenvalue weighted by Gasteiger charge is -2.12. The number of benzene rings is 1. The molecule has 6 heteroatoms. The Labute approximate surface area is 135 Å². The van der Waals surface area contributed by atoms with E-state index in [0.29, 0.717) is 16.3 Å². The van der Waals surface area contributed by atoms with Gasteiger partial charge in [-0.2, -0.15) is 0 Å². The molecule has 1 aromatic carbocycles. The molecular weight excluding hydrogens is 300 g/mol. The number of carbonyl (C=O) groups excluding carboxylic acids is 1. The first-order chi connectivity index (χ1) is 10.6. The first-order valence-corrected chi connectivity index (χ1v) is 7.33. The number of rotatable bonds is 6. The molecule has 2 rings (SSSR count). The fourth-order valence-electron chi connectivity index (χ4n) is 1.84. The standard InChI is InChI=1S/C16H19ClN4O/c1-21(2)8-7-19-13-9-12(10-18-11-13)16(22)20-15-6-4-3-5-14(15)17/h3-6,9-11,19H,7-8H2,1-2H3,(H,20,22). The van der Waals surface area contributed by atoms with Gasteiger partial charge in [-0.1, -0.05) is 23.7 Å². The van der Waals surface area contributed by atoms with Crippen LogP contribution >= 0.6 is 11.6 Å². The van der Waals surface area contributed by atoms with Gasteiger partial charge in [0.2, 0.25) is 0 Å². The second-order valence-corrected chi connectivity index (χ2v) is 5.53. The van der Waals surface area contributed by atoms with Crippen molar-refractivity contribution in [2.75, 3.05) is 37.8 Å². The molecule has 0 spiro atoms. The van der Waals surface area contributed by atoms with Crippen LogP contribution in [0.5, 0.6) is 0 Å². The molecule has 0 radical (unpaired) electrons. The third-order valence-corrected chi connectivity index (χ3v) is 3.34. The van der Waals surface area contributed by atoms with Gasteiger partial charge in [-0.05, 0) is 32.3 Å². The van der Waals surface area contributed by atoms with Crippen LogP contribution in [0.1, 0.15) is 10.4 Å². The van der Waals surface area contributed by atoms with Gasteiger partial charge < -0.3 is 15.5 Å². The van der Waals surface area contributed by atoms with Crippen LogP contribution in [0, 0.1) is 0 Å². The van der Waals surface area contributed by atoms with Crippen molar-refractivity contribution in [2.45, 2.75) is 0 Å². The van der Waals surface area contributed by atoms with Crippen molar-refractivity contribution in [3.05, 3.63) is 53.3 Å². The maximum Gasteiger partial charge on any atom is 0.257 e. The van der Waals surface area contributed by atoms with Crippen LogP contribution in [-0.4, -0.2) is 43.0 Å². The monoisotopic (exact) mass is 318 g/mol. The molecule has 2 N–H and O–H groups in total. The maximum atomic E-state index is 12.3. The van der Waals surface area contributed by atoms with E-state index < -0.39 is 0 Å². The normalized spacial score (nSPS) is 10.5. The molecule has 116 valence electrons. The summed E-state index contributed by atoms with van der Waals surface area (Å²) in [6.45, 7) is 1.68. The molecule has 0 unspecified atom stereocenters. The van der Waals surface area contributed by atoms with Gasteiger partial charge in [0.05, 0.1) is 22.0 Å². The van der Waals surface area contributed by atoms with E-state index in [9.17, 15) is 4.79 Å². The number of carbonyl (C=O) groups is 1. The summed E-state index contributed by atoms with van der Waals surface area (Å²) < 4.78 is 0. The van der Waals surface area contributed by atoms with E-state index >= 15 is 0 Å². The topological polar surface area (TPSA) is 57.3 Å². The summed E-state index contributed by atoms with van der Waals surface area (Å²) in [5.41, 5.74) is 1.88. The molecule has 1 aromatic heterocycles. The van der Waals surface area contributed by atoms with Gasteiger partial charge >= 0.3 is 0 Å². The predicted molar refractivity (Wildman–Crippen MR) is 90.7 cm³/mol. The number of pyridine rings is 1. The summed E-state index contributed by atoms with van der Waals surface area (Å²) in [5, 5.41) is 6.52. The quantitative estimate of drug-likeness (QED) is 0.859. The number of hydrogen-bond donors (Lipinski definition) is 2. The zero-order chi connectivity index (χ0) is 15.9. The van der Waals surface area contributed by atoms with Crippen molar-refractivity contribution in [1.29, 1.82) is 0 Å². The Morgan fingerprint density at radius 3 is 2.77 bits per heavy atom. The number of aromatic nitrogens is 1. The number of halogens is 1. The van der Waals surface area contributed by atoms with Gasteiger partial charge in [0.1, 0.15) is 0 Å². The van der Waals surface area contributed by atoms with Crippen LogP contribution in [0.4, 0.5) is 11.4 Å². The first kappa shape index (κ1) is 16.3. The van der Waals surface area contributed by atoms with Gasteiger partial charge in [0, 0.05) is 25.5 Å². The Hall–Kier alpha value is -2.11. The molecule has 0 aliphatic heterocycles. The maximum absolute atomic E-state index is 12.3. The number of nitrogens with one attached hydrogen (secondary N) is 2. The molecule has 2 aromatic rings. The molecular formula is C16H19ClN4O. The number of nitrogens with zero attached hydrogens (tertiary/aromatic N) is 2. The molecule has 0 aliphatic rings. The Kier molecular flexibility index (Phi) is 5.75. The molecule has 1 amide bonds. The number of amides is 1. The summed E-state index contributed by atoms with van der Waals surface area (Å²) >= 11 is 6.04. The highest BCUT2D eigenvalue weighted by molar-refractivity contribution is 6.33. The Morgan fingerprint density at radius 1 is 1.27 bits per heavy atom. The molecule has 0 saturated carbocycles. The Bertz CT molecular complexity index is 646.